The second-order valence-electron chi connectivity index (χ2n) is 5.12. The summed E-state index contributed by atoms with van der Waals surface area (Å²) in [5.74, 6) is 2.00. The first-order chi connectivity index (χ1) is 11.2. The van der Waals surface area contributed by atoms with E-state index in [0.29, 0.717) is 5.57 Å². The molecule has 0 spiro atoms. The molecule has 23 heavy (non-hydrogen) atoms. The topological polar surface area (TPSA) is 43.1 Å². The fourth-order valence-corrected chi connectivity index (χ4v) is 2.06. The highest BCUT2D eigenvalue weighted by molar-refractivity contribution is 5.96. The molecule has 0 unspecified atom stereocenters. The third kappa shape index (κ3) is 4.99. The summed E-state index contributed by atoms with van der Waals surface area (Å²) in [7, 11) is 0. The number of rotatable bonds is 2. The van der Waals surface area contributed by atoms with Crippen LogP contribution in [0.1, 0.15) is 16.7 Å². The zero-order chi connectivity index (χ0) is 16.5. The van der Waals surface area contributed by atoms with Crippen LogP contribution in [-0.4, -0.2) is 5.94 Å². The molecular formula is C21H19NO. The number of hydrogen-bond acceptors (Lipinski definition) is 2. The highest BCUT2D eigenvalue weighted by atomic mass is 16.1. The lowest BCUT2D eigenvalue weighted by molar-refractivity contribution is 0.569. The summed E-state index contributed by atoms with van der Waals surface area (Å²) in [6, 6.07) is 26.9. The molecule has 0 saturated carbocycles. The SMILES string of the molecule is Cc1ccc(N)cc1.O=C=C(c1ccccc1)c1ccccc1. The van der Waals surface area contributed by atoms with Crippen LogP contribution in [0.4, 0.5) is 5.69 Å². The van der Waals surface area contributed by atoms with Crippen LogP contribution in [0.15, 0.2) is 84.9 Å². The molecule has 3 aromatic carbocycles. The third-order valence-corrected chi connectivity index (χ3v) is 3.30. The van der Waals surface area contributed by atoms with Crippen molar-refractivity contribution in [2.45, 2.75) is 6.92 Å². The predicted molar refractivity (Wildman–Crippen MR) is 96.7 cm³/mol. The zero-order valence-electron chi connectivity index (χ0n) is 13.1. The molecule has 0 aliphatic rings. The van der Waals surface area contributed by atoms with Gasteiger partial charge >= 0.3 is 0 Å². The Hall–Kier alpha value is -3.09. The van der Waals surface area contributed by atoms with E-state index in [1.165, 1.54) is 5.56 Å². The van der Waals surface area contributed by atoms with Crippen molar-refractivity contribution in [3.8, 4) is 0 Å². The number of carbonyl (C=O) groups excluding carboxylic acids is 1. The average Bonchev–Trinajstić information content (AvgIpc) is 2.61. The molecule has 2 heteroatoms. The molecule has 0 atom stereocenters. The normalized spacial score (nSPS) is 9.26. The fraction of sp³-hybridized carbons (Fsp3) is 0.0476. The Morgan fingerprint density at radius 3 is 1.52 bits per heavy atom. The van der Waals surface area contributed by atoms with Gasteiger partial charge in [-0.25, -0.2) is 4.79 Å². The minimum atomic E-state index is 0.608. The Labute approximate surface area is 136 Å². The Kier molecular flexibility index (Phi) is 5.93. The summed E-state index contributed by atoms with van der Waals surface area (Å²) in [5, 5.41) is 0. The molecule has 3 aromatic rings. The van der Waals surface area contributed by atoms with E-state index in [1.54, 1.807) is 0 Å². The second-order valence-corrected chi connectivity index (χ2v) is 5.12. The van der Waals surface area contributed by atoms with E-state index in [1.807, 2.05) is 97.8 Å². The molecule has 0 heterocycles. The molecule has 3 rings (SSSR count). The van der Waals surface area contributed by atoms with E-state index >= 15 is 0 Å². The molecule has 0 bridgehead atoms. The van der Waals surface area contributed by atoms with Gasteiger partial charge in [-0.3, -0.25) is 0 Å². The maximum Gasteiger partial charge on any atom is 0.133 e. The Balaban J connectivity index is 0.000000203. The number of nitrogens with two attached hydrogens (primary N) is 1. The minimum Gasteiger partial charge on any atom is -0.399 e. The Morgan fingerprint density at radius 2 is 1.17 bits per heavy atom. The van der Waals surface area contributed by atoms with Gasteiger partial charge in [0.25, 0.3) is 0 Å². The molecular weight excluding hydrogens is 282 g/mol. The molecule has 0 aliphatic heterocycles. The lowest BCUT2D eigenvalue weighted by atomic mass is 10.00. The van der Waals surface area contributed by atoms with Gasteiger partial charge in [0, 0.05) is 5.69 Å². The Bertz CT molecular complexity index is 709. The number of nitrogen functional groups attached to an aromatic ring is 1. The van der Waals surface area contributed by atoms with E-state index in [0.717, 1.165) is 16.8 Å². The molecule has 0 aliphatic carbocycles. The van der Waals surface area contributed by atoms with Crippen molar-refractivity contribution in [2.75, 3.05) is 5.73 Å². The second kappa shape index (κ2) is 8.38. The molecule has 2 N–H and O–H groups in total. The van der Waals surface area contributed by atoms with Gasteiger partial charge < -0.3 is 5.73 Å². The minimum absolute atomic E-state index is 0.608. The largest absolute Gasteiger partial charge is 0.399 e. The summed E-state index contributed by atoms with van der Waals surface area (Å²) in [6.07, 6.45) is 0. The van der Waals surface area contributed by atoms with Crippen LogP contribution in [-0.2, 0) is 4.79 Å². The summed E-state index contributed by atoms with van der Waals surface area (Å²) >= 11 is 0. The number of aryl methyl sites for hydroxylation is 1. The van der Waals surface area contributed by atoms with Crippen molar-refractivity contribution in [1.29, 1.82) is 0 Å². The molecule has 114 valence electrons. The van der Waals surface area contributed by atoms with Gasteiger partial charge in [0.1, 0.15) is 5.94 Å². The van der Waals surface area contributed by atoms with Gasteiger partial charge in [0.2, 0.25) is 0 Å². The monoisotopic (exact) mass is 301 g/mol. The highest BCUT2D eigenvalue weighted by Crippen LogP contribution is 2.19. The van der Waals surface area contributed by atoms with Crippen LogP contribution in [0.5, 0.6) is 0 Å². The molecule has 2 nitrogen and oxygen atoms in total. The van der Waals surface area contributed by atoms with Crippen LogP contribution >= 0.6 is 0 Å². The summed E-state index contributed by atoms with van der Waals surface area (Å²) < 4.78 is 0. The van der Waals surface area contributed by atoms with Crippen molar-refractivity contribution in [2.24, 2.45) is 0 Å². The van der Waals surface area contributed by atoms with Gasteiger partial charge in [0.05, 0.1) is 5.57 Å². The number of benzene rings is 3. The van der Waals surface area contributed by atoms with E-state index in [9.17, 15) is 4.79 Å². The fourth-order valence-electron chi connectivity index (χ4n) is 2.06. The molecule has 0 aromatic heterocycles. The van der Waals surface area contributed by atoms with Crippen molar-refractivity contribution in [3.05, 3.63) is 102 Å². The first kappa shape index (κ1) is 16.3. The summed E-state index contributed by atoms with van der Waals surface area (Å²) in [6.45, 7) is 2.04. The maximum atomic E-state index is 10.9. The van der Waals surface area contributed by atoms with E-state index in [2.05, 4.69) is 0 Å². The number of anilines is 1. The molecule has 0 fully saturated rings. The van der Waals surface area contributed by atoms with Gasteiger partial charge in [0.15, 0.2) is 0 Å². The summed E-state index contributed by atoms with van der Waals surface area (Å²) in [4.78, 5) is 10.9. The molecule has 0 amide bonds. The van der Waals surface area contributed by atoms with Gasteiger partial charge in [-0.1, -0.05) is 78.4 Å². The Morgan fingerprint density at radius 1 is 0.739 bits per heavy atom. The van der Waals surface area contributed by atoms with Crippen LogP contribution in [0.2, 0.25) is 0 Å². The van der Waals surface area contributed by atoms with Crippen LogP contribution < -0.4 is 5.73 Å². The predicted octanol–water partition coefficient (Wildman–Crippen LogP) is 4.53. The molecule has 0 radical (unpaired) electrons. The van der Waals surface area contributed by atoms with Crippen LogP contribution in [0, 0.1) is 6.92 Å². The van der Waals surface area contributed by atoms with E-state index < -0.39 is 0 Å². The average molecular weight is 301 g/mol. The first-order valence-electron chi connectivity index (χ1n) is 7.39. The first-order valence-corrected chi connectivity index (χ1v) is 7.39. The highest BCUT2D eigenvalue weighted by Gasteiger charge is 2.03. The summed E-state index contributed by atoms with van der Waals surface area (Å²) in [5.41, 5.74) is 9.92. The quantitative estimate of drug-likeness (QED) is 0.558. The number of hydrogen-bond donors (Lipinski definition) is 1. The van der Waals surface area contributed by atoms with Gasteiger partial charge in [-0.05, 0) is 30.2 Å². The third-order valence-electron chi connectivity index (χ3n) is 3.30. The van der Waals surface area contributed by atoms with Crippen molar-refractivity contribution in [1.82, 2.24) is 0 Å². The lowest BCUT2D eigenvalue weighted by Gasteiger charge is -2.02. The van der Waals surface area contributed by atoms with Crippen molar-refractivity contribution < 1.29 is 4.79 Å². The van der Waals surface area contributed by atoms with E-state index in [-0.39, 0.29) is 0 Å². The van der Waals surface area contributed by atoms with Gasteiger partial charge in [-0.15, -0.1) is 0 Å². The molecule has 0 saturated heterocycles. The standard InChI is InChI=1S/C14H10O.C7H9N/c15-11-14(12-7-3-1-4-8-12)13-9-5-2-6-10-13;1-6-2-4-7(8)5-3-6/h1-10H;2-5H,8H2,1H3. The van der Waals surface area contributed by atoms with Crippen molar-refractivity contribution in [3.63, 3.8) is 0 Å². The maximum absolute atomic E-state index is 10.9. The zero-order valence-corrected chi connectivity index (χ0v) is 13.1. The van der Waals surface area contributed by atoms with Crippen molar-refractivity contribution >= 4 is 17.2 Å². The van der Waals surface area contributed by atoms with Gasteiger partial charge in [-0.2, -0.15) is 0 Å². The van der Waals surface area contributed by atoms with E-state index in [4.69, 9.17) is 5.73 Å². The lowest BCUT2D eigenvalue weighted by Crippen LogP contribution is -1.87. The van der Waals surface area contributed by atoms with Crippen LogP contribution in [0.25, 0.3) is 5.57 Å². The smallest absolute Gasteiger partial charge is 0.133 e. The van der Waals surface area contributed by atoms with Crippen LogP contribution in [0.3, 0.4) is 0 Å².